The van der Waals surface area contributed by atoms with Gasteiger partial charge in [0.1, 0.15) is 11.9 Å². The Kier molecular flexibility index (Phi) is 4.14. The fourth-order valence-corrected chi connectivity index (χ4v) is 1.86. The van der Waals surface area contributed by atoms with Crippen LogP contribution in [0.1, 0.15) is 25.1 Å². The van der Waals surface area contributed by atoms with E-state index >= 15 is 0 Å². The summed E-state index contributed by atoms with van der Waals surface area (Å²) < 4.78 is 2.12. The number of hydrogen-bond donors (Lipinski definition) is 1. The number of rotatable bonds is 5. The van der Waals surface area contributed by atoms with E-state index in [4.69, 9.17) is 5.26 Å². The highest BCUT2D eigenvalue weighted by Gasteiger charge is 2.06. The van der Waals surface area contributed by atoms with Crippen LogP contribution in [0.4, 0.5) is 5.82 Å². The summed E-state index contributed by atoms with van der Waals surface area (Å²) in [6.45, 7) is 5.89. The van der Waals surface area contributed by atoms with Gasteiger partial charge in [0.2, 0.25) is 0 Å². The zero-order valence-electron chi connectivity index (χ0n) is 11.2. The van der Waals surface area contributed by atoms with Gasteiger partial charge in [-0.2, -0.15) is 5.26 Å². The van der Waals surface area contributed by atoms with Gasteiger partial charge in [0.15, 0.2) is 0 Å². The Morgan fingerprint density at radius 2 is 2.32 bits per heavy atom. The number of nitriles is 1. The van der Waals surface area contributed by atoms with E-state index in [0.717, 1.165) is 12.2 Å². The molecule has 0 atom stereocenters. The van der Waals surface area contributed by atoms with Crippen molar-refractivity contribution in [2.75, 3.05) is 5.32 Å². The summed E-state index contributed by atoms with van der Waals surface area (Å²) in [6.07, 6.45) is 5.35. The van der Waals surface area contributed by atoms with E-state index < -0.39 is 0 Å². The molecule has 0 fully saturated rings. The highest BCUT2D eigenvalue weighted by Crippen LogP contribution is 2.12. The maximum absolute atomic E-state index is 9.00. The molecule has 2 heterocycles. The fourth-order valence-electron chi connectivity index (χ4n) is 1.86. The van der Waals surface area contributed by atoms with Crippen LogP contribution in [0.5, 0.6) is 0 Å². The molecule has 0 aliphatic carbocycles. The maximum atomic E-state index is 9.00. The zero-order valence-corrected chi connectivity index (χ0v) is 11.2. The lowest BCUT2D eigenvalue weighted by atomic mass is 10.2. The van der Waals surface area contributed by atoms with E-state index in [2.05, 4.69) is 39.8 Å². The molecule has 5 nitrogen and oxygen atoms in total. The van der Waals surface area contributed by atoms with Crippen molar-refractivity contribution in [2.45, 2.75) is 26.9 Å². The molecule has 0 aliphatic heterocycles. The van der Waals surface area contributed by atoms with E-state index in [9.17, 15) is 0 Å². The van der Waals surface area contributed by atoms with Crippen LogP contribution < -0.4 is 5.32 Å². The Bertz CT molecular complexity index is 580. The molecule has 5 heteroatoms. The minimum atomic E-state index is 0.553. The van der Waals surface area contributed by atoms with Crippen molar-refractivity contribution in [1.82, 2.24) is 14.5 Å². The van der Waals surface area contributed by atoms with E-state index in [1.807, 2.05) is 12.5 Å². The summed E-state index contributed by atoms with van der Waals surface area (Å²) in [5.41, 5.74) is 1.64. The third-order valence-corrected chi connectivity index (χ3v) is 2.73. The predicted octanol–water partition coefficient (Wildman–Crippen LogP) is 2.42. The average molecular weight is 255 g/mol. The average Bonchev–Trinajstić information content (AvgIpc) is 2.83. The van der Waals surface area contributed by atoms with Crippen LogP contribution in [-0.4, -0.2) is 14.5 Å². The third kappa shape index (κ3) is 3.32. The van der Waals surface area contributed by atoms with Crippen molar-refractivity contribution < 1.29 is 0 Å². The first-order chi connectivity index (χ1) is 9.20. The molecule has 0 saturated heterocycles. The lowest BCUT2D eigenvalue weighted by Gasteiger charge is -2.12. The molecule has 2 aromatic rings. The number of pyridine rings is 1. The molecule has 0 aromatic carbocycles. The van der Waals surface area contributed by atoms with Gasteiger partial charge in [-0.3, -0.25) is 0 Å². The highest BCUT2D eigenvalue weighted by atomic mass is 15.1. The molecule has 0 radical (unpaired) electrons. The van der Waals surface area contributed by atoms with E-state index in [1.165, 1.54) is 0 Å². The Morgan fingerprint density at radius 1 is 1.47 bits per heavy atom. The molecular formula is C14H17N5. The van der Waals surface area contributed by atoms with Crippen LogP contribution in [-0.2, 0) is 13.1 Å². The van der Waals surface area contributed by atoms with Gasteiger partial charge in [0.25, 0.3) is 0 Å². The van der Waals surface area contributed by atoms with Gasteiger partial charge in [-0.05, 0) is 18.1 Å². The minimum absolute atomic E-state index is 0.553. The summed E-state index contributed by atoms with van der Waals surface area (Å²) >= 11 is 0. The number of nitrogens with zero attached hydrogens (tertiary/aromatic N) is 4. The second-order valence-electron chi connectivity index (χ2n) is 4.80. The van der Waals surface area contributed by atoms with Crippen molar-refractivity contribution in [3.63, 3.8) is 0 Å². The standard InChI is InChI=1S/C14H17N5/c1-11(2)9-19-10-16-7-13(19)8-18-14-12(6-15)4-3-5-17-14/h3-5,7,10-11H,8-9H2,1-2H3,(H,17,18). The molecule has 0 unspecified atom stereocenters. The van der Waals surface area contributed by atoms with E-state index in [1.54, 1.807) is 18.3 Å². The quantitative estimate of drug-likeness (QED) is 0.891. The van der Waals surface area contributed by atoms with Gasteiger partial charge in [-0.1, -0.05) is 13.8 Å². The third-order valence-electron chi connectivity index (χ3n) is 2.73. The largest absolute Gasteiger partial charge is 0.363 e. The molecule has 0 spiro atoms. The smallest absolute Gasteiger partial charge is 0.144 e. The molecule has 0 saturated carbocycles. The first kappa shape index (κ1) is 13.1. The summed E-state index contributed by atoms with van der Waals surface area (Å²) in [5.74, 6) is 1.18. The summed E-state index contributed by atoms with van der Waals surface area (Å²) in [6, 6.07) is 5.63. The number of nitrogens with one attached hydrogen (secondary N) is 1. The first-order valence-corrected chi connectivity index (χ1v) is 6.28. The summed E-state index contributed by atoms with van der Waals surface area (Å²) in [5, 5.41) is 12.2. The summed E-state index contributed by atoms with van der Waals surface area (Å²) in [7, 11) is 0. The monoisotopic (exact) mass is 255 g/mol. The number of imidazole rings is 1. The molecule has 0 bridgehead atoms. The van der Waals surface area contributed by atoms with Crippen LogP contribution in [0.25, 0.3) is 0 Å². The minimum Gasteiger partial charge on any atom is -0.363 e. The van der Waals surface area contributed by atoms with Gasteiger partial charge >= 0.3 is 0 Å². The van der Waals surface area contributed by atoms with Crippen molar-refractivity contribution in [2.24, 2.45) is 5.92 Å². The van der Waals surface area contributed by atoms with E-state index in [-0.39, 0.29) is 0 Å². The number of anilines is 1. The first-order valence-electron chi connectivity index (χ1n) is 6.28. The second kappa shape index (κ2) is 6.01. The Balaban J connectivity index is 2.07. The van der Waals surface area contributed by atoms with Gasteiger partial charge in [-0.15, -0.1) is 0 Å². The van der Waals surface area contributed by atoms with Gasteiger partial charge in [0.05, 0.1) is 24.1 Å². The lowest BCUT2D eigenvalue weighted by molar-refractivity contribution is 0.511. The van der Waals surface area contributed by atoms with Crippen molar-refractivity contribution in [3.8, 4) is 6.07 Å². The fraction of sp³-hybridized carbons (Fsp3) is 0.357. The van der Waals surface area contributed by atoms with Crippen LogP contribution >= 0.6 is 0 Å². The van der Waals surface area contributed by atoms with Crippen LogP contribution in [0, 0.1) is 17.2 Å². The molecule has 98 valence electrons. The van der Waals surface area contributed by atoms with Crippen LogP contribution in [0.15, 0.2) is 30.9 Å². The van der Waals surface area contributed by atoms with Gasteiger partial charge in [0, 0.05) is 18.9 Å². The van der Waals surface area contributed by atoms with Crippen molar-refractivity contribution in [1.29, 1.82) is 5.26 Å². The molecule has 19 heavy (non-hydrogen) atoms. The molecular weight excluding hydrogens is 238 g/mol. The Morgan fingerprint density at radius 3 is 3.05 bits per heavy atom. The highest BCUT2D eigenvalue weighted by molar-refractivity contribution is 5.51. The second-order valence-corrected chi connectivity index (χ2v) is 4.80. The molecule has 1 N–H and O–H groups in total. The maximum Gasteiger partial charge on any atom is 0.144 e. The van der Waals surface area contributed by atoms with Crippen LogP contribution in [0.2, 0.25) is 0 Å². The Hall–Kier alpha value is -2.35. The topological polar surface area (TPSA) is 66.5 Å². The number of hydrogen-bond acceptors (Lipinski definition) is 4. The number of aromatic nitrogens is 3. The summed E-state index contributed by atoms with van der Waals surface area (Å²) in [4.78, 5) is 8.34. The SMILES string of the molecule is CC(C)Cn1cncc1CNc1ncccc1C#N. The Labute approximate surface area is 112 Å². The van der Waals surface area contributed by atoms with Crippen LogP contribution in [0.3, 0.4) is 0 Å². The van der Waals surface area contributed by atoms with E-state index in [0.29, 0.717) is 23.8 Å². The van der Waals surface area contributed by atoms with Gasteiger partial charge < -0.3 is 9.88 Å². The zero-order chi connectivity index (χ0) is 13.7. The van der Waals surface area contributed by atoms with Crippen molar-refractivity contribution >= 4 is 5.82 Å². The van der Waals surface area contributed by atoms with Gasteiger partial charge in [-0.25, -0.2) is 9.97 Å². The van der Waals surface area contributed by atoms with Crippen molar-refractivity contribution in [3.05, 3.63) is 42.1 Å². The normalized spacial score (nSPS) is 10.4. The molecule has 2 aromatic heterocycles. The molecule has 2 rings (SSSR count). The molecule has 0 amide bonds. The lowest BCUT2D eigenvalue weighted by Crippen LogP contribution is -2.11. The predicted molar refractivity (Wildman–Crippen MR) is 73.3 cm³/mol. The molecule has 0 aliphatic rings.